The van der Waals surface area contributed by atoms with Crippen LogP contribution in [0.5, 0.6) is 0 Å². The summed E-state index contributed by atoms with van der Waals surface area (Å²) in [5.41, 5.74) is 0. The Bertz CT molecular complexity index is 291. The van der Waals surface area contributed by atoms with Crippen molar-refractivity contribution < 1.29 is 13.6 Å². The van der Waals surface area contributed by atoms with Crippen molar-refractivity contribution in [1.82, 2.24) is 0 Å². The molecular weight excluding hydrogens is 246 g/mol. The fourth-order valence-electron chi connectivity index (χ4n) is 2.78. The number of carbonyl (C=O) groups is 1. The molecule has 0 N–H and O–H groups in total. The first-order chi connectivity index (χ1) is 8.95. The van der Waals surface area contributed by atoms with Crippen molar-refractivity contribution in [3.05, 3.63) is 12.2 Å². The van der Waals surface area contributed by atoms with E-state index in [2.05, 4.69) is 0 Å². The van der Waals surface area contributed by atoms with E-state index < -0.39 is 11.8 Å². The summed E-state index contributed by atoms with van der Waals surface area (Å²) >= 11 is 0. The van der Waals surface area contributed by atoms with Crippen molar-refractivity contribution in [2.24, 2.45) is 17.8 Å². The maximum Gasteiger partial charge on any atom is 0.275 e. The monoisotopic (exact) mass is 272 g/mol. The third kappa shape index (κ3) is 5.84. The van der Waals surface area contributed by atoms with Crippen LogP contribution in [0.1, 0.15) is 58.8 Å². The standard InChI is InChI=1S/C16H26F2O/c1-13(2)11-15(12-19)16(17,18)10-6-9-14-7-4-3-5-8-14/h6,10,12-15H,3-5,7-9,11H2,1-2H3/b10-6+. The molecule has 1 fully saturated rings. The molecule has 0 aromatic carbocycles. The lowest BCUT2D eigenvalue weighted by Gasteiger charge is -2.22. The zero-order valence-corrected chi connectivity index (χ0v) is 12.1. The topological polar surface area (TPSA) is 17.1 Å². The van der Waals surface area contributed by atoms with Crippen molar-refractivity contribution in [2.45, 2.75) is 64.7 Å². The van der Waals surface area contributed by atoms with Crippen molar-refractivity contribution in [3.63, 3.8) is 0 Å². The minimum atomic E-state index is -3.00. The van der Waals surface area contributed by atoms with Gasteiger partial charge in [-0.05, 0) is 30.8 Å². The van der Waals surface area contributed by atoms with Gasteiger partial charge in [-0.25, -0.2) is 8.78 Å². The number of aldehydes is 1. The highest BCUT2D eigenvalue weighted by Crippen LogP contribution is 2.31. The minimum Gasteiger partial charge on any atom is -0.303 e. The van der Waals surface area contributed by atoms with Gasteiger partial charge in [0, 0.05) is 0 Å². The van der Waals surface area contributed by atoms with Crippen LogP contribution in [-0.2, 0) is 4.79 Å². The van der Waals surface area contributed by atoms with Crippen LogP contribution in [0.15, 0.2) is 12.2 Å². The quantitative estimate of drug-likeness (QED) is 0.470. The Hall–Kier alpha value is -0.730. The molecule has 1 rings (SSSR count). The summed E-state index contributed by atoms with van der Waals surface area (Å²) in [4.78, 5) is 10.8. The normalized spacial score (nSPS) is 20.1. The zero-order chi connectivity index (χ0) is 14.3. The Labute approximate surface area is 115 Å². The number of rotatable bonds is 7. The molecule has 110 valence electrons. The molecular formula is C16H26F2O. The summed E-state index contributed by atoms with van der Waals surface area (Å²) in [7, 11) is 0. The fraction of sp³-hybridized carbons (Fsp3) is 0.812. The SMILES string of the molecule is CC(C)CC(C=O)C(F)(F)/C=C/CC1CCCCC1. The molecule has 0 aliphatic heterocycles. The molecule has 1 nitrogen and oxygen atoms in total. The van der Waals surface area contributed by atoms with Gasteiger partial charge in [0.25, 0.3) is 5.92 Å². The molecule has 3 heteroatoms. The highest BCUT2D eigenvalue weighted by atomic mass is 19.3. The van der Waals surface area contributed by atoms with Crippen LogP contribution >= 0.6 is 0 Å². The molecule has 19 heavy (non-hydrogen) atoms. The molecule has 1 unspecified atom stereocenters. The molecule has 0 spiro atoms. The van der Waals surface area contributed by atoms with E-state index in [-0.39, 0.29) is 12.3 Å². The van der Waals surface area contributed by atoms with Crippen molar-refractivity contribution in [2.75, 3.05) is 0 Å². The Morgan fingerprint density at radius 2 is 1.84 bits per heavy atom. The molecule has 1 atom stereocenters. The lowest BCUT2D eigenvalue weighted by atomic mass is 9.86. The van der Waals surface area contributed by atoms with Gasteiger partial charge >= 0.3 is 0 Å². The average molecular weight is 272 g/mol. The van der Waals surface area contributed by atoms with Gasteiger partial charge in [0.15, 0.2) is 0 Å². The van der Waals surface area contributed by atoms with E-state index in [9.17, 15) is 13.6 Å². The Morgan fingerprint density at radius 3 is 2.37 bits per heavy atom. The molecule has 0 aromatic heterocycles. The molecule has 0 radical (unpaired) electrons. The van der Waals surface area contributed by atoms with Crippen LogP contribution in [0.3, 0.4) is 0 Å². The summed E-state index contributed by atoms with van der Waals surface area (Å²) in [5, 5.41) is 0. The van der Waals surface area contributed by atoms with Gasteiger partial charge in [-0.1, -0.05) is 52.0 Å². The van der Waals surface area contributed by atoms with Crippen molar-refractivity contribution in [1.29, 1.82) is 0 Å². The molecule has 0 aromatic rings. The van der Waals surface area contributed by atoms with E-state index in [0.29, 0.717) is 12.2 Å². The van der Waals surface area contributed by atoms with Gasteiger partial charge in [0.05, 0.1) is 5.92 Å². The van der Waals surface area contributed by atoms with E-state index in [0.717, 1.165) is 25.3 Å². The van der Waals surface area contributed by atoms with Crippen LogP contribution in [-0.4, -0.2) is 12.2 Å². The minimum absolute atomic E-state index is 0.104. The Kier molecular flexibility index (Phi) is 6.67. The number of carbonyl (C=O) groups excluding carboxylic acids is 1. The van der Waals surface area contributed by atoms with Gasteiger partial charge in [0.1, 0.15) is 6.29 Å². The smallest absolute Gasteiger partial charge is 0.275 e. The highest BCUT2D eigenvalue weighted by molar-refractivity contribution is 5.56. The molecule has 1 aliphatic rings. The molecule has 0 amide bonds. The maximum absolute atomic E-state index is 13.9. The van der Waals surface area contributed by atoms with Crippen LogP contribution in [0, 0.1) is 17.8 Å². The molecule has 1 saturated carbocycles. The highest BCUT2D eigenvalue weighted by Gasteiger charge is 2.36. The first-order valence-electron chi connectivity index (χ1n) is 7.46. The number of allylic oxidation sites excluding steroid dienone is 2. The Balaban J connectivity index is 2.48. The lowest BCUT2D eigenvalue weighted by molar-refractivity contribution is -0.120. The maximum atomic E-state index is 13.9. The summed E-state index contributed by atoms with van der Waals surface area (Å²) in [6, 6.07) is 0. The van der Waals surface area contributed by atoms with Crippen molar-refractivity contribution in [3.8, 4) is 0 Å². The van der Waals surface area contributed by atoms with Gasteiger partial charge in [0.2, 0.25) is 0 Å². The summed E-state index contributed by atoms with van der Waals surface area (Å²) in [5.74, 6) is -3.52. The first-order valence-corrected chi connectivity index (χ1v) is 7.46. The molecule has 0 bridgehead atoms. The van der Waals surface area contributed by atoms with Gasteiger partial charge in [-0.2, -0.15) is 0 Å². The van der Waals surface area contributed by atoms with Crippen molar-refractivity contribution >= 4 is 6.29 Å². The number of hydrogen-bond acceptors (Lipinski definition) is 1. The zero-order valence-electron chi connectivity index (χ0n) is 12.1. The largest absolute Gasteiger partial charge is 0.303 e. The van der Waals surface area contributed by atoms with Gasteiger partial charge in [-0.3, -0.25) is 0 Å². The number of alkyl halides is 2. The van der Waals surface area contributed by atoms with Gasteiger partial charge < -0.3 is 4.79 Å². The second-order valence-electron chi connectivity index (χ2n) is 6.19. The predicted octanol–water partition coefficient (Wildman–Crippen LogP) is 5.01. The second-order valence-corrected chi connectivity index (χ2v) is 6.19. The molecule has 0 saturated heterocycles. The van der Waals surface area contributed by atoms with E-state index in [1.54, 1.807) is 6.08 Å². The van der Waals surface area contributed by atoms with Crippen LogP contribution in [0.4, 0.5) is 8.78 Å². The van der Waals surface area contributed by atoms with Crippen LogP contribution < -0.4 is 0 Å². The Morgan fingerprint density at radius 1 is 1.21 bits per heavy atom. The van der Waals surface area contributed by atoms with E-state index in [1.165, 1.54) is 19.3 Å². The summed E-state index contributed by atoms with van der Waals surface area (Å²) in [6.45, 7) is 3.72. The fourth-order valence-corrected chi connectivity index (χ4v) is 2.78. The van der Waals surface area contributed by atoms with E-state index >= 15 is 0 Å². The van der Waals surface area contributed by atoms with Crippen LogP contribution in [0.2, 0.25) is 0 Å². The predicted molar refractivity (Wildman–Crippen MR) is 74.3 cm³/mol. The second kappa shape index (κ2) is 7.76. The van der Waals surface area contributed by atoms with Gasteiger partial charge in [-0.15, -0.1) is 0 Å². The third-order valence-corrected chi connectivity index (χ3v) is 3.92. The summed E-state index contributed by atoms with van der Waals surface area (Å²) in [6.07, 6.45) is 9.95. The number of halogens is 2. The lowest BCUT2D eigenvalue weighted by Crippen LogP contribution is -2.28. The third-order valence-electron chi connectivity index (χ3n) is 3.92. The number of hydrogen-bond donors (Lipinski definition) is 0. The van der Waals surface area contributed by atoms with E-state index in [4.69, 9.17) is 0 Å². The first kappa shape index (κ1) is 16.3. The average Bonchev–Trinajstić information content (AvgIpc) is 2.36. The van der Waals surface area contributed by atoms with Crippen LogP contribution in [0.25, 0.3) is 0 Å². The molecule has 1 aliphatic carbocycles. The van der Waals surface area contributed by atoms with E-state index in [1.807, 2.05) is 13.8 Å². The summed E-state index contributed by atoms with van der Waals surface area (Å²) < 4.78 is 27.8. The molecule has 0 heterocycles.